The smallest absolute Gasteiger partial charge is 0.312 e. The van der Waals surface area contributed by atoms with Crippen LogP contribution in [-0.4, -0.2) is 33.2 Å². The number of nitrogens with zero attached hydrogens (tertiary/aromatic N) is 3. The van der Waals surface area contributed by atoms with E-state index in [0.29, 0.717) is 27.8 Å². The third-order valence-corrected chi connectivity index (χ3v) is 5.59. The van der Waals surface area contributed by atoms with Crippen molar-refractivity contribution in [3.8, 4) is 0 Å². The number of aryl methyl sites for hydroxylation is 1. The van der Waals surface area contributed by atoms with Crippen LogP contribution in [0.5, 0.6) is 0 Å². The van der Waals surface area contributed by atoms with E-state index in [-0.39, 0.29) is 12.0 Å². The van der Waals surface area contributed by atoms with Gasteiger partial charge in [-0.15, -0.1) is 11.3 Å². The van der Waals surface area contributed by atoms with E-state index >= 15 is 0 Å². The number of aromatic amines is 1. The lowest BCUT2D eigenvalue weighted by molar-refractivity contribution is -0.147. The van der Waals surface area contributed by atoms with Gasteiger partial charge < -0.3 is 9.30 Å². The molecule has 9 heteroatoms. The Labute approximate surface area is 186 Å². The predicted octanol–water partition coefficient (Wildman–Crippen LogP) is 2.36. The van der Waals surface area contributed by atoms with Crippen LogP contribution in [0.2, 0.25) is 0 Å². The number of nitrogens with one attached hydrogen (secondary N) is 1. The Balaban J connectivity index is 1.40. The Bertz CT molecular complexity index is 1400. The zero-order chi connectivity index (χ0) is 22.5. The number of rotatable bonds is 6. The summed E-state index contributed by atoms with van der Waals surface area (Å²) in [6.45, 7) is 2.14. The van der Waals surface area contributed by atoms with E-state index in [1.165, 1.54) is 16.9 Å². The van der Waals surface area contributed by atoms with Gasteiger partial charge in [0.15, 0.2) is 11.4 Å². The fourth-order valence-electron chi connectivity index (χ4n) is 3.17. The molecule has 1 N–H and O–H groups in total. The minimum Gasteiger partial charge on any atom is -0.455 e. The maximum Gasteiger partial charge on any atom is 0.312 e. The summed E-state index contributed by atoms with van der Waals surface area (Å²) < 4.78 is 6.95. The maximum atomic E-state index is 12.3. The largest absolute Gasteiger partial charge is 0.455 e. The second-order valence-electron chi connectivity index (χ2n) is 7.19. The van der Waals surface area contributed by atoms with Crippen LogP contribution in [0.3, 0.4) is 0 Å². The Morgan fingerprint density at radius 3 is 2.66 bits per heavy atom. The Hall–Kier alpha value is -3.85. The van der Waals surface area contributed by atoms with Crippen LogP contribution in [0.25, 0.3) is 10.8 Å². The van der Waals surface area contributed by atoms with Gasteiger partial charge in [0, 0.05) is 23.5 Å². The van der Waals surface area contributed by atoms with Gasteiger partial charge in [-0.3, -0.25) is 14.4 Å². The van der Waals surface area contributed by atoms with Crippen LogP contribution in [0, 0.1) is 6.92 Å². The number of aromatic nitrogens is 3. The second kappa shape index (κ2) is 9.52. The molecule has 0 aliphatic rings. The molecule has 32 heavy (non-hydrogen) atoms. The molecule has 8 nitrogen and oxygen atoms in total. The third-order valence-electron chi connectivity index (χ3n) is 4.80. The molecule has 2 aromatic carbocycles. The van der Waals surface area contributed by atoms with Crippen molar-refractivity contribution in [3.63, 3.8) is 0 Å². The first-order valence-corrected chi connectivity index (χ1v) is 10.8. The lowest BCUT2D eigenvalue weighted by atomic mass is 10.1. The molecule has 2 heterocycles. The summed E-state index contributed by atoms with van der Waals surface area (Å²) in [5, 5.41) is 9.17. The lowest BCUT2D eigenvalue weighted by Crippen LogP contribution is -2.21. The fourth-order valence-corrected chi connectivity index (χ4v) is 3.92. The van der Waals surface area contributed by atoms with E-state index in [4.69, 9.17) is 4.74 Å². The molecule has 0 fully saturated rings. The van der Waals surface area contributed by atoms with Crippen molar-refractivity contribution in [2.75, 3.05) is 6.61 Å². The van der Waals surface area contributed by atoms with Crippen molar-refractivity contribution >= 4 is 34.0 Å². The molecule has 1 amide bonds. The average Bonchev–Trinajstić information content (AvgIpc) is 3.22. The van der Waals surface area contributed by atoms with Gasteiger partial charge in [-0.1, -0.05) is 48.0 Å². The lowest BCUT2D eigenvalue weighted by Gasteiger charge is -2.05. The van der Waals surface area contributed by atoms with Gasteiger partial charge in [-0.05, 0) is 18.6 Å². The molecule has 2 aromatic heterocycles. The van der Waals surface area contributed by atoms with Gasteiger partial charge in [0.2, 0.25) is 0 Å². The Kier molecular flexibility index (Phi) is 6.37. The molecule has 4 rings (SSSR count). The summed E-state index contributed by atoms with van der Waals surface area (Å²) in [6, 6.07) is 15.0. The van der Waals surface area contributed by atoms with Gasteiger partial charge in [0.1, 0.15) is 0 Å². The molecule has 0 atom stereocenters. The summed E-state index contributed by atoms with van der Waals surface area (Å²) in [5.41, 5.74) is 2.32. The van der Waals surface area contributed by atoms with Crippen LogP contribution in [-0.2, 0) is 27.3 Å². The molecule has 0 saturated carbocycles. The molecule has 0 spiro atoms. The molecule has 0 aliphatic carbocycles. The van der Waals surface area contributed by atoms with E-state index in [2.05, 4.69) is 15.2 Å². The number of carbonyl (C=O) groups excluding carboxylic acids is 2. The van der Waals surface area contributed by atoms with Crippen molar-refractivity contribution in [3.05, 3.63) is 92.1 Å². The number of benzene rings is 2. The Morgan fingerprint density at radius 1 is 1.12 bits per heavy atom. The normalized spacial score (nSPS) is 11.6. The number of esters is 1. The molecule has 0 bridgehead atoms. The number of amides is 1. The van der Waals surface area contributed by atoms with E-state index in [9.17, 15) is 14.4 Å². The van der Waals surface area contributed by atoms with Crippen LogP contribution < -0.4 is 10.4 Å². The topological polar surface area (TPSA) is 106 Å². The van der Waals surface area contributed by atoms with Gasteiger partial charge in [0.25, 0.3) is 11.5 Å². The number of H-pyrrole nitrogens is 1. The highest BCUT2D eigenvalue weighted by Crippen LogP contribution is 2.13. The Morgan fingerprint density at radius 2 is 1.88 bits per heavy atom. The quantitative estimate of drug-likeness (QED) is 0.456. The average molecular weight is 449 g/mol. The molecule has 0 unspecified atom stereocenters. The van der Waals surface area contributed by atoms with Crippen LogP contribution in [0.15, 0.2) is 69.9 Å². The highest BCUT2D eigenvalue weighted by Gasteiger charge is 2.13. The first-order chi connectivity index (χ1) is 15.5. The molecule has 162 valence electrons. The predicted molar refractivity (Wildman–Crippen MR) is 120 cm³/mol. The van der Waals surface area contributed by atoms with Gasteiger partial charge in [-0.25, -0.2) is 5.10 Å². The zero-order valence-corrected chi connectivity index (χ0v) is 18.1. The fraction of sp³-hybridized carbons (Fsp3) is 0.174. The summed E-state index contributed by atoms with van der Waals surface area (Å²) >= 11 is 1.33. The van der Waals surface area contributed by atoms with Crippen molar-refractivity contribution < 1.29 is 14.3 Å². The van der Waals surface area contributed by atoms with Gasteiger partial charge >= 0.3 is 5.97 Å². The standard InChI is InChI=1S/C23H20N4O4S/c1-15-6-8-16(9-7-15)13-27-10-11-32-23(27)24-20(28)14-31-21(29)12-19-17-4-2-3-5-18(17)22(30)26-25-19/h2-11H,12-14H2,1H3,(H,26,30). The summed E-state index contributed by atoms with van der Waals surface area (Å²) in [6.07, 6.45) is 1.69. The summed E-state index contributed by atoms with van der Waals surface area (Å²) in [4.78, 5) is 40.9. The summed E-state index contributed by atoms with van der Waals surface area (Å²) in [7, 11) is 0. The third kappa shape index (κ3) is 5.06. The van der Waals surface area contributed by atoms with Crippen LogP contribution in [0.4, 0.5) is 0 Å². The molecule has 0 saturated heterocycles. The molecule has 4 aromatic rings. The number of thiazole rings is 1. The molecular formula is C23H20N4O4S. The molecule has 0 radical (unpaired) electrons. The van der Waals surface area contributed by atoms with Crippen LogP contribution in [0.1, 0.15) is 16.8 Å². The monoisotopic (exact) mass is 448 g/mol. The molecular weight excluding hydrogens is 428 g/mol. The van der Waals surface area contributed by atoms with Crippen LogP contribution >= 0.6 is 11.3 Å². The maximum absolute atomic E-state index is 12.3. The number of fused-ring (bicyclic) bond motifs is 1. The minimum absolute atomic E-state index is 0.170. The number of carbonyl (C=O) groups is 2. The first kappa shape index (κ1) is 21.4. The van der Waals surface area contributed by atoms with Gasteiger partial charge in [0.05, 0.1) is 17.5 Å². The minimum atomic E-state index is -0.628. The highest BCUT2D eigenvalue weighted by atomic mass is 32.1. The SMILES string of the molecule is Cc1ccc(Cn2ccsc2=NC(=O)COC(=O)Cc2n[nH]c(=O)c3ccccc23)cc1. The van der Waals surface area contributed by atoms with E-state index in [1.807, 2.05) is 47.3 Å². The second-order valence-corrected chi connectivity index (χ2v) is 8.06. The number of hydrogen-bond donors (Lipinski definition) is 1. The van der Waals surface area contributed by atoms with E-state index in [0.717, 1.165) is 5.56 Å². The van der Waals surface area contributed by atoms with Crippen molar-refractivity contribution in [2.45, 2.75) is 19.9 Å². The highest BCUT2D eigenvalue weighted by molar-refractivity contribution is 7.07. The molecule has 0 aliphatic heterocycles. The first-order valence-electron chi connectivity index (χ1n) is 9.88. The summed E-state index contributed by atoms with van der Waals surface area (Å²) in [5.74, 6) is -1.19. The number of hydrogen-bond acceptors (Lipinski definition) is 6. The van der Waals surface area contributed by atoms with Gasteiger partial charge in [-0.2, -0.15) is 10.1 Å². The van der Waals surface area contributed by atoms with E-state index in [1.54, 1.807) is 24.3 Å². The number of ether oxygens (including phenoxy) is 1. The van der Waals surface area contributed by atoms with Crippen molar-refractivity contribution in [1.82, 2.24) is 14.8 Å². The zero-order valence-electron chi connectivity index (χ0n) is 17.3. The van der Waals surface area contributed by atoms with Crippen molar-refractivity contribution in [2.24, 2.45) is 4.99 Å². The van der Waals surface area contributed by atoms with Crippen molar-refractivity contribution in [1.29, 1.82) is 0 Å². The van der Waals surface area contributed by atoms with E-state index < -0.39 is 18.5 Å².